The molecule has 0 aliphatic rings. The van der Waals surface area contributed by atoms with Gasteiger partial charge in [0.15, 0.2) is 0 Å². The van der Waals surface area contributed by atoms with E-state index in [-0.39, 0.29) is 23.1 Å². The van der Waals surface area contributed by atoms with E-state index in [4.69, 9.17) is 5.84 Å². The van der Waals surface area contributed by atoms with Gasteiger partial charge in [0.05, 0.1) is 12.3 Å². The molecule has 0 saturated carbocycles. The Morgan fingerprint density at radius 3 is 2.60 bits per heavy atom. The first-order valence-corrected chi connectivity index (χ1v) is 8.01. The highest BCUT2D eigenvalue weighted by Gasteiger charge is 2.11. The molecule has 0 saturated heterocycles. The first kappa shape index (κ1) is 18.4. The number of hydrogen-bond donors (Lipinski definition) is 3. The summed E-state index contributed by atoms with van der Waals surface area (Å²) in [6.07, 6.45) is 0. The molecular weight excluding hydrogens is 351 g/mol. The van der Waals surface area contributed by atoms with Crippen molar-refractivity contribution < 1.29 is 14.0 Å². The second kappa shape index (κ2) is 8.24. The number of carbonyl (C=O) groups excluding carboxylic acids is 2. The number of aromatic nitrogens is 3. The SMILES string of the molecule is Cc1nnc(SCC(=O)NCC(=O)Nc2ccc(F)cc2)n(N)c1=O. The van der Waals surface area contributed by atoms with Crippen molar-refractivity contribution in [3.8, 4) is 0 Å². The minimum absolute atomic E-state index is 0.0847. The van der Waals surface area contributed by atoms with Crippen LogP contribution in [0.25, 0.3) is 0 Å². The number of aryl methyl sites for hydroxylation is 1. The van der Waals surface area contributed by atoms with E-state index in [1.54, 1.807) is 0 Å². The number of nitrogens with two attached hydrogens (primary N) is 1. The van der Waals surface area contributed by atoms with Crippen molar-refractivity contribution in [3.63, 3.8) is 0 Å². The van der Waals surface area contributed by atoms with Crippen LogP contribution in [0.1, 0.15) is 5.69 Å². The molecule has 4 N–H and O–H groups in total. The predicted molar refractivity (Wildman–Crippen MR) is 89.9 cm³/mol. The van der Waals surface area contributed by atoms with Crippen LogP contribution >= 0.6 is 11.8 Å². The molecule has 132 valence electrons. The fraction of sp³-hybridized carbons (Fsp3) is 0.214. The van der Waals surface area contributed by atoms with E-state index in [0.29, 0.717) is 5.69 Å². The van der Waals surface area contributed by atoms with Crippen molar-refractivity contribution in [2.75, 3.05) is 23.5 Å². The van der Waals surface area contributed by atoms with Gasteiger partial charge in [-0.3, -0.25) is 14.4 Å². The number of nitrogens with zero attached hydrogens (tertiary/aromatic N) is 3. The summed E-state index contributed by atoms with van der Waals surface area (Å²) in [5.41, 5.74) is 0.0578. The van der Waals surface area contributed by atoms with E-state index >= 15 is 0 Å². The number of benzene rings is 1. The number of nitrogens with one attached hydrogen (secondary N) is 2. The Morgan fingerprint density at radius 1 is 1.24 bits per heavy atom. The van der Waals surface area contributed by atoms with Gasteiger partial charge in [-0.2, -0.15) is 4.68 Å². The van der Waals surface area contributed by atoms with Crippen LogP contribution in [-0.4, -0.2) is 39.0 Å². The van der Waals surface area contributed by atoms with Crippen LogP contribution in [0.2, 0.25) is 0 Å². The van der Waals surface area contributed by atoms with Gasteiger partial charge in [0, 0.05) is 5.69 Å². The third-order valence-electron chi connectivity index (χ3n) is 2.93. The first-order valence-electron chi connectivity index (χ1n) is 7.03. The number of nitrogen functional groups attached to an aromatic ring is 1. The summed E-state index contributed by atoms with van der Waals surface area (Å²) in [5.74, 6) is 4.12. The molecule has 0 unspecified atom stereocenters. The number of halogens is 1. The highest BCUT2D eigenvalue weighted by Crippen LogP contribution is 2.10. The quantitative estimate of drug-likeness (QED) is 0.470. The van der Waals surface area contributed by atoms with Crippen molar-refractivity contribution in [3.05, 3.63) is 46.1 Å². The maximum Gasteiger partial charge on any atom is 0.294 e. The van der Waals surface area contributed by atoms with E-state index in [0.717, 1.165) is 16.4 Å². The van der Waals surface area contributed by atoms with Crippen molar-refractivity contribution in [1.29, 1.82) is 0 Å². The maximum atomic E-state index is 12.8. The number of anilines is 1. The van der Waals surface area contributed by atoms with E-state index in [1.807, 2.05) is 0 Å². The minimum Gasteiger partial charge on any atom is -0.346 e. The fourth-order valence-corrected chi connectivity index (χ4v) is 2.35. The Hall–Kier alpha value is -2.95. The van der Waals surface area contributed by atoms with E-state index < -0.39 is 23.2 Å². The molecule has 9 nitrogen and oxygen atoms in total. The largest absolute Gasteiger partial charge is 0.346 e. The predicted octanol–water partition coefficient (Wildman–Crippen LogP) is -0.353. The Morgan fingerprint density at radius 2 is 1.92 bits per heavy atom. The monoisotopic (exact) mass is 366 g/mol. The molecule has 25 heavy (non-hydrogen) atoms. The van der Waals surface area contributed by atoms with Gasteiger partial charge in [-0.25, -0.2) is 4.39 Å². The van der Waals surface area contributed by atoms with E-state index in [2.05, 4.69) is 20.8 Å². The molecule has 11 heteroatoms. The van der Waals surface area contributed by atoms with Crippen molar-refractivity contribution in [2.45, 2.75) is 12.1 Å². The van der Waals surface area contributed by atoms with E-state index in [1.165, 1.54) is 31.2 Å². The number of hydrogen-bond acceptors (Lipinski definition) is 7. The second-order valence-electron chi connectivity index (χ2n) is 4.86. The summed E-state index contributed by atoms with van der Waals surface area (Å²) in [4.78, 5) is 35.0. The van der Waals surface area contributed by atoms with Crippen LogP contribution in [0, 0.1) is 12.7 Å². The van der Waals surface area contributed by atoms with Gasteiger partial charge in [-0.1, -0.05) is 11.8 Å². The molecule has 1 aromatic carbocycles. The molecule has 1 aromatic heterocycles. The summed E-state index contributed by atoms with van der Waals surface area (Å²) in [6, 6.07) is 5.22. The van der Waals surface area contributed by atoms with Gasteiger partial charge in [-0.15, -0.1) is 10.2 Å². The lowest BCUT2D eigenvalue weighted by Gasteiger charge is -2.08. The highest BCUT2D eigenvalue weighted by atomic mass is 32.2. The minimum atomic E-state index is -0.503. The Balaban J connectivity index is 1.79. The standard InChI is InChI=1S/C14H15FN6O3S/c1-8-13(24)21(16)14(20-19-8)25-7-12(23)17-6-11(22)18-10-4-2-9(15)3-5-10/h2-5H,6-7,16H2,1H3,(H,17,23)(H,18,22). The normalized spacial score (nSPS) is 10.3. The molecule has 1 heterocycles. The summed E-state index contributed by atoms with van der Waals surface area (Å²) < 4.78 is 13.6. The third-order valence-corrected chi connectivity index (χ3v) is 3.87. The highest BCUT2D eigenvalue weighted by molar-refractivity contribution is 7.99. The smallest absolute Gasteiger partial charge is 0.294 e. The van der Waals surface area contributed by atoms with Gasteiger partial charge in [0.25, 0.3) is 5.56 Å². The molecule has 2 rings (SSSR count). The summed E-state index contributed by atoms with van der Waals surface area (Å²) in [7, 11) is 0. The maximum absolute atomic E-state index is 12.8. The van der Waals surface area contributed by atoms with Crippen LogP contribution in [0.5, 0.6) is 0 Å². The molecule has 0 bridgehead atoms. The lowest BCUT2D eigenvalue weighted by Crippen LogP contribution is -2.35. The molecule has 2 aromatic rings. The zero-order valence-electron chi connectivity index (χ0n) is 13.2. The molecule has 0 aliphatic carbocycles. The zero-order chi connectivity index (χ0) is 18.4. The molecule has 0 radical (unpaired) electrons. The molecule has 2 amide bonds. The summed E-state index contributed by atoms with van der Waals surface area (Å²) in [6.45, 7) is 1.21. The van der Waals surface area contributed by atoms with Crippen molar-refractivity contribution in [1.82, 2.24) is 20.2 Å². The van der Waals surface area contributed by atoms with Crippen LogP contribution < -0.4 is 22.0 Å². The third kappa shape index (κ3) is 5.28. The number of thioether (sulfide) groups is 1. The lowest BCUT2D eigenvalue weighted by atomic mass is 10.3. The number of rotatable bonds is 6. The molecule has 0 aliphatic heterocycles. The van der Waals surface area contributed by atoms with Gasteiger partial charge >= 0.3 is 0 Å². The second-order valence-corrected chi connectivity index (χ2v) is 5.81. The van der Waals surface area contributed by atoms with Gasteiger partial charge in [-0.05, 0) is 31.2 Å². The Kier molecular flexibility index (Phi) is 6.06. The van der Waals surface area contributed by atoms with Crippen LogP contribution in [0.4, 0.5) is 10.1 Å². The molecule has 0 spiro atoms. The van der Waals surface area contributed by atoms with Gasteiger partial charge in [0.2, 0.25) is 17.0 Å². The molecule has 0 atom stereocenters. The topological polar surface area (TPSA) is 132 Å². The first-order chi connectivity index (χ1) is 11.9. The van der Waals surface area contributed by atoms with Crippen LogP contribution in [0.15, 0.2) is 34.2 Å². The Labute approximate surface area is 145 Å². The van der Waals surface area contributed by atoms with E-state index in [9.17, 15) is 18.8 Å². The van der Waals surface area contributed by atoms with Crippen LogP contribution in [0.3, 0.4) is 0 Å². The van der Waals surface area contributed by atoms with Gasteiger partial charge in [0.1, 0.15) is 11.5 Å². The van der Waals surface area contributed by atoms with Crippen molar-refractivity contribution in [2.24, 2.45) is 0 Å². The van der Waals surface area contributed by atoms with Gasteiger partial charge < -0.3 is 16.5 Å². The van der Waals surface area contributed by atoms with Crippen molar-refractivity contribution >= 4 is 29.3 Å². The average molecular weight is 366 g/mol. The van der Waals surface area contributed by atoms with Crippen LogP contribution in [-0.2, 0) is 9.59 Å². The molecular formula is C14H15FN6O3S. The number of carbonyl (C=O) groups is 2. The summed E-state index contributed by atoms with van der Waals surface area (Å²) in [5, 5.41) is 12.4. The lowest BCUT2D eigenvalue weighted by molar-refractivity contribution is -0.122. The zero-order valence-corrected chi connectivity index (χ0v) is 14.0. The number of amides is 2. The fourth-order valence-electron chi connectivity index (χ4n) is 1.67. The average Bonchev–Trinajstić information content (AvgIpc) is 2.59. The summed E-state index contributed by atoms with van der Waals surface area (Å²) >= 11 is 0.914. The Bertz CT molecular complexity index is 839. The molecule has 0 fully saturated rings.